The van der Waals surface area contributed by atoms with E-state index >= 15 is 0 Å². The number of nitrogens with one attached hydrogen (secondary N) is 1. The minimum Gasteiger partial charge on any atom is -0.493 e. The smallest absolute Gasteiger partial charge is 0.341 e. The first kappa shape index (κ1) is 30.0. The molecule has 3 aromatic carbocycles. The number of thiocarbonyl (C=S) groups is 1. The van der Waals surface area contributed by atoms with Crippen LogP contribution in [0.15, 0.2) is 89.1 Å². The number of hydrogen-bond donors (Lipinski definition) is 1. The van der Waals surface area contributed by atoms with E-state index in [9.17, 15) is 14.4 Å². The molecule has 1 N–H and O–H groups in total. The first-order valence-corrected chi connectivity index (χ1v) is 15.3. The fourth-order valence-corrected chi connectivity index (χ4v) is 6.58. The van der Waals surface area contributed by atoms with Crippen molar-refractivity contribution in [3.05, 3.63) is 100 Å². The number of hydrogen-bond acceptors (Lipinski definition) is 9. The van der Waals surface area contributed by atoms with Crippen LogP contribution >= 0.6 is 35.3 Å². The van der Waals surface area contributed by atoms with Crippen LogP contribution in [0.1, 0.15) is 22.8 Å². The van der Waals surface area contributed by atoms with Gasteiger partial charge in [-0.1, -0.05) is 78.6 Å². The Morgan fingerprint density at radius 1 is 1.00 bits per heavy atom. The maximum atomic E-state index is 13.1. The lowest BCUT2D eigenvalue weighted by Crippen LogP contribution is -2.27. The number of carbonyl (C=O) groups is 3. The number of rotatable bonds is 10. The highest BCUT2D eigenvalue weighted by atomic mass is 32.2. The molecule has 1 fully saturated rings. The summed E-state index contributed by atoms with van der Waals surface area (Å²) in [4.78, 5) is 40.7. The molecule has 2 amide bonds. The summed E-state index contributed by atoms with van der Waals surface area (Å²) in [5, 5.41) is 4.97. The van der Waals surface area contributed by atoms with E-state index < -0.39 is 11.9 Å². The van der Waals surface area contributed by atoms with E-state index in [4.69, 9.17) is 26.4 Å². The topological polar surface area (TPSA) is 94.2 Å². The van der Waals surface area contributed by atoms with Crippen LogP contribution in [-0.4, -0.2) is 42.4 Å². The summed E-state index contributed by atoms with van der Waals surface area (Å²) in [5.74, 6) is -0.453. The van der Waals surface area contributed by atoms with Gasteiger partial charge in [-0.25, -0.2) is 4.79 Å². The molecule has 1 aliphatic rings. The predicted octanol–water partition coefficient (Wildman–Crippen LogP) is 7.02. The number of thioether (sulfide) groups is 1. The van der Waals surface area contributed by atoms with Gasteiger partial charge in [-0.05, 0) is 48.4 Å². The second kappa shape index (κ2) is 13.7. The zero-order valence-electron chi connectivity index (χ0n) is 23.2. The second-order valence-corrected chi connectivity index (χ2v) is 11.6. The van der Waals surface area contributed by atoms with Crippen molar-refractivity contribution in [3.8, 4) is 22.6 Å². The molecule has 0 atom stereocenters. The molecule has 0 bridgehead atoms. The highest BCUT2D eigenvalue weighted by molar-refractivity contribution is 8.27. The molecule has 5 rings (SSSR count). The van der Waals surface area contributed by atoms with E-state index in [1.165, 1.54) is 35.1 Å². The maximum Gasteiger partial charge on any atom is 0.341 e. The molecule has 0 spiro atoms. The van der Waals surface area contributed by atoms with Gasteiger partial charge in [0.1, 0.15) is 10.6 Å². The Bertz CT molecular complexity index is 1700. The van der Waals surface area contributed by atoms with Crippen molar-refractivity contribution in [2.45, 2.75) is 6.92 Å². The van der Waals surface area contributed by atoms with Crippen molar-refractivity contribution in [2.75, 3.05) is 30.5 Å². The fraction of sp³-hybridized carbons (Fsp3) is 0.125. The van der Waals surface area contributed by atoms with Crippen LogP contribution in [0, 0.1) is 0 Å². The van der Waals surface area contributed by atoms with Crippen molar-refractivity contribution < 1.29 is 28.6 Å². The van der Waals surface area contributed by atoms with Gasteiger partial charge >= 0.3 is 5.97 Å². The van der Waals surface area contributed by atoms with Crippen LogP contribution in [0.25, 0.3) is 17.2 Å². The normalized spacial score (nSPS) is 13.7. The Balaban J connectivity index is 1.28. The van der Waals surface area contributed by atoms with E-state index in [1.54, 1.807) is 31.2 Å². The molecule has 43 heavy (non-hydrogen) atoms. The average Bonchev–Trinajstić information content (AvgIpc) is 3.56. The number of para-hydroxylation sites is 1. The first-order valence-electron chi connectivity index (χ1n) is 13.2. The third-order valence-electron chi connectivity index (χ3n) is 6.26. The second-order valence-electron chi connectivity index (χ2n) is 9.04. The predicted molar refractivity (Wildman–Crippen MR) is 175 cm³/mol. The molecular weight excluding hydrogens is 605 g/mol. The molecule has 1 aromatic heterocycles. The van der Waals surface area contributed by atoms with E-state index in [0.29, 0.717) is 48.1 Å². The zero-order valence-corrected chi connectivity index (χ0v) is 25.6. The van der Waals surface area contributed by atoms with E-state index in [-0.39, 0.29) is 19.1 Å². The van der Waals surface area contributed by atoms with Crippen molar-refractivity contribution in [3.63, 3.8) is 0 Å². The number of carbonyl (C=O) groups excluding carboxylic acids is 3. The van der Waals surface area contributed by atoms with Gasteiger partial charge in [-0.15, -0.1) is 11.3 Å². The molecule has 8 nitrogen and oxygen atoms in total. The van der Waals surface area contributed by atoms with Crippen LogP contribution in [0.5, 0.6) is 11.5 Å². The van der Waals surface area contributed by atoms with Crippen LogP contribution in [0.2, 0.25) is 0 Å². The summed E-state index contributed by atoms with van der Waals surface area (Å²) in [6.45, 7) is 1.61. The Kier molecular flexibility index (Phi) is 9.55. The van der Waals surface area contributed by atoms with Crippen molar-refractivity contribution in [1.82, 2.24) is 0 Å². The van der Waals surface area contributed by atoms with Gasteiger partial charge in [0.2, 0.25) is 0 Å². The SMILES string of the molecule is CCOC(=O)c1c(-c2ccccc2)csc1NC(=O)COc1ccc(/C=C2\SC(=S)N(c3ccccc3)C2=O)cc1OC. The number of benzene rings is 3. The quantitative estimate of drug-likeness (QED) is 0.114. The first-order chi connectivity index (χ1) is 20.9. The Morgan fingerprint density at radius 2 is 1.72 bits per heavy atom. The van der Waals surface area contributed by atoms with Gasteiger partial charge < -0.3 is 19.5 Å². The molecule has 11 heteroatoms. The molecule has 2 heterocycles. The molecule has 0 saturated carbocycles. The van der Waals surface area contributed by atoms with Crippen molar-refractivity contribution in [1.29, 1.82) is 0 Å². The van der Waals surface area contributed by atoms with Crippen molar-refractivity contribution >= 4 is 74.2 Å². The average molecular weight is 631 g/mol. The van der Waals surface area contributed by atoms with E-state index in [2.05, 4.69) is 5.32 Å². The highest BCUT2D eigenvalue weighted by Crippen LogP contribution is 2.38. The third-order valence-corrected chi connectivity index (χ3v) is 8.46. The van der Waals surface area contributed by atoms with Crippen LogP contribution in [0.4, 0.5) is 10.7 Å². The number of ether oxygens (including phenoxy) is 3. The minimum atomic E-state index is -0.517. The summed E-state index contributed by atoms with van der Waals surface area (Å²) in [6, 6.07) is 23.8. The summed E-state index contributed by atoms with van der Waals surface area (Å²) in [7, 11) is 1.49. The number of thiophene rings is 1. The van der Waals surface area contributed by atoms with E-state index in [0.717, 1.165) is 5.56 Å². The number of amides is 2. The van der Waals surface area contributed by atoms with E-state index in [1.807, 2.05) is 66.0 Å². The van der Waals surface area contributed by atoms with Gasteiger partial charge in [0.05, 0.1) is 24.3 Å². The van der Waals surface area contributed by atoms with Crippen LogP contribution in [-0.2, 0) is 14.3 Å². The Morgan fingerprint density at radius 3 is 2.42 bits per heavy atom. The van der Waals surface area contributed by atoms with Gasteiger partial charge in [0, 0.05) is 10.9 Å². The lowest BCUT2D eigenvalue weighted by atomic mass is 10.0. The minimum absolute atomic E-state index is 0.205. The Labute approximate surface area is 262 Å². The largest absolute Gasteiger partial charge is 0.493 e. The highest BCUT2D eigenvalue weighted by Gasteiger charge is 2.33. The van der Waals surface area contributed by atoms with Gasteiger partial charge in [-0.3, -0.25) is 14.5 Å². The van der Waals surface area contributed by atoms with Crippen LogP contribution < -0.4 is 19.7 Å². The van der Waals surface area contributed by atoms with Gasteiger partial charge in [-0.2, -0.15) is 0 Å². The summed E-state index contributed by atoms with van der Waals surface area (Å²) in [6.07, 6.45) is 1.74. The number of nitrogens with zero attached hydrogens (tertiary/aromatic N) is 1. The molecule has 0 unspecified atom stereocenters. The third kappa shape index (κ3) is 6.80. The Hall–Kier alpha value is -4.45. The lowest BCUT2D eigenvalue weighted by molar-refractivity contribution is -0.118. The molecule has 1 aliphatic heterocycles. The van der Waals surface area contributed by atoms with Crippen molar-refractivity contribution in [2.24, 2.45) is 0 Å². The standard InChI is InChI=1S/C32H26N2O6S3/c1-3-39-31(37)28-23(21-10-6-4-7-11-21)19-42-29(28)33-27(35)18-40-24-15-14-20(16-25(24)38-2)17-26-30(36)34(32(41)43-26)22-12-8-5-9-13-22/h4-17,19H,3,18H2,1-2H3,(H,33,35)/b26-17-. The lowest BCUT2D eigenvalue weighted by Gasteiger charge is -2.14. The fourth-order valence-electron chi connectivity index (χ4n) is 4.30. The molecule has 0 aliphatic carbocycles. The molecule has 0 radical (unpaired) electrons. The van der Waals surface area contributed by atoms with Crippen LogP contribution in [0.3, 0.4) is 0 Å². The number of anilines is 2. The van der Waals surface area contributed by atoms with Gasteiger partial charge in [0.25, 0.3) is 11.8 Å². The summed E-state index contributed by atoms with van der Waals surface area (Å²) < 4.78 is 17.0. The van der Waals surface area contributed by atoms with Gasteiger partial charge in [0.15, 0.2) is 22.4 Å². The summed E-state index contributed by atoms with van der Waals surface area (Å²) in [5.41, 5.74) is 3.23. The maximum absolute atomic E-state index is 13.1. The molecular formula is C32H26N2O6S3. The monoisotopic (exact) mass is 630 g/mol. The number of methoxy groups -OCH3 is 1. The molecule has 218 valence electrons. The summed E-state index contributed by atoms with van der Waals surface area (Å²) >= 11 is 7.91. The molecule has 4 aromatic rings. The molecule has 1 saturated heterocycles. The zero-order chi connectivity index (χ0) is 30.3. The number of esters is 1.